The third-order valence-electron chi connectivity index (χ3n) is 4.29. The van der Waals surface area contributed by atoms with Crippen molar-refractivity contribution in [1.29, 1.82) is 0 Å². The smallest absolute Gasteiger partial charge is 0.225 e. The second kappa shape index (κ2) is 8.50. The molecule has 0 aliphatic carbocycles. The summed E-state index contributed by atoms with van der Waals surface area (Å²) in [5.74, 6) is 0.636. The maximum atomic E-state index is 12.4. The number of carbonyl (C=O) groups is 2. The van der Waals surface area contributed by atoms with Crippen LogP contribution in [0.3, 0.4) is 0 Å². The molecule has 0 aliphatic heterocycles. The average molecular weight is 347 g/mol. The van der Waals surface area contributed by atoms with E-state index in [0.29, 0.717) is 24.9 Å². The first-order chi connectivity index (χ1) is 11.5. The second-order valence-corrected chi connectivity index (χ2v) is 8.27. The van der Waals surface area contributed by atoms with Gasteiger partial charge in [0.25, 0.3) is 0 Å². The highest BCUT2D eigenvalue weighted by atomic mass is 16.2. The molecule has 1 N–H and O–H groups in total. The van der Waals surface area contributed by atoms with E-state index in [2.05, 4.69) is 51.2 Å². The molecule has 1 rings (SSSR count). The van der Waals surface area contributed by atoms with E-state index in [1.807, 2.05) is 25.7 Å². The molecular weight excluding hydrogens is 312 g/mol. The van der Waals surface area contributed by atoms with Crippen LogP contribution in [0.25, 0.3) is 0 Å². The molecule has 1 aromatic rings. The number of benzene rings is 1. The number of anilines is 1. The molecule has 0 fully saturated rings. The van der Waals surface area contributed by atoms with E-state index in [9.17, 15) is 9.59 Å². The first kappa shape index (κ1) is 21.2. The summed E-state index contributed by atoms with van der Waals surface area (Å²) >= 11 is 0. The molecule has 0 bridgehead atoms. The summed E-state index contributed by atoms with van der Waals surface area (Å²) in [6, 6.07) is 6.25. The topological polar surface area (TPSA) is 49.4 Å². The Bertz CT molecular complexity index is 587. The van der Waals surface area contributed by atoms with Gasteiger partial charge in [-0.1, -0.05) is 66.7 Å². The molecule has 1 aromatic carbocycles. The van der Waals surface area contributed by atoms with Crippen molar-refractivity contribution in [2.75, 3.05) is 18.0 Å². The lowest BCUT2D eigenvalue weighted by Gasteiger charge is -2.30. The summed E-state index contributed by atoms with van der Waals surface area (Å²) in [6.45, 7) is 16.7. The van der Waals surface area contributed by atoms with Crippen LogP contribution in [0.4, 0.5) is 5.69 Å². The van der Waals surface area contributed by atoms with Crippen LogP contribution < -0.4 is 10.2 Å². The predicted molar refractivity (Wildman–Crippen MR) is 105 cm³/mol. The quantitative estimate of drug-likeness (QED) is 0.827. The number of nitrogens with one attached hydrogen (secondary N) is 1. The largest absolute Gasteiger partial charge is 0.354 e. The van der Waals surface area contributed by atoms with E-state index < -0.39 is 5.41 Å². The first-order valence-electron chi connectivity index (χ1n) is 9.16. The molecule has 0 unspecified atom stereocenters. The minimum Gasteiger partial charge on any atom is -0.354 e. The molecule has 0 heterocycles. The molecule has 0 saturated carbocycles. The Morgan fingerprint density at radius 2 is 1.52 bits per heavy atom. The van der Waals surface area contributed by atoms with Crippen molar-refractivity contribution in [3.05, 3.63) is 29.3 Å². The summed E-state index contributed by atoms with van der Waals surface area (Å²) in [5.41, 5.74) is 2.91. The van der Waals surface area contributed by atoms with Crippen LogP contribution in [0, 0.1) is 5.41 Å². The molecule has 4 heteroatoms. The molecule has 0 aliphatic rings. The lowest BCUT2D eigenvalue weighted by Crippen LogP contribution is -2.42. The van der Waals surface area contributed by atoms with E-state index in [1.165, 1.54) is 11.1 Å². The Morgan fingerprint density at radius 3 is 1.88 bits per heavy atom. The van der Waals surface area contributed by atoms with Gasteiger partial charge < -0.3 is 10.2 Å². The minimum atomic E-state index is -0.431. The number of carbonyl (C=O) groups excluding carboxylic acids is 2. The molecule has 25 heavy (non-hydrogen) atoms. The third kappa shape index (κ3) is 5.58. The van der Waals surface area contributed by atoms with Gasteiger partial charge in [0.15, 0.2) is 0 Å². The zero-order chi connectivity index (χ0) is 19.4. The van der Waals surface area contributed by atoms with Crippen molar-refractivity contribution in [3.8, 4) is 0 Å². The molecule has 4 nitrogen and oxygen atoms in total. The van der Waals surface area contributed by atoms with Crippen molar-refractivity contribution in [2.24, 2.45) is 5.41 Å². The maximum absolute atomic E-state index is 12.4. The first-order valence-corrected chi connectivity index (χ1v) is 9.16. The van der Waals surface area contributed by atoms with Gasteiger partial charge in [0, 0.05) is 25.4 Å². The standard InChI is InChI=1S/C21H34N2O2/c1-14(2)17-10-9-11-18(15(3)4)19(17)23(16(5)24)13-12-22-20(25)21(6,7)8/h9-11,14-15H,12-13H2,1-8H3,(H,22,25). The van der Waals surface area contributed by atoms with Crippen molar-refractivity contribution < 1.29 is 9.59 Å². The Labute approximate surface area is 153 Å². The van der Waals surface area contributed by atoms with Gasteiger partial charge in [0.1, 0.15) is 0 Å². The molecule has 0 saturated heterocycles. The van der Waals surface area contributed by atoms with Crippen molar-refractivity contribution in [3.63, 3.8) is 0 Å². The van der Waals surface area contributed by atoms with E-state index in [1.54, 1.807) is 6.92 Å². The lowest BCUT2D eigenvalue weighted by atomic mass is 9.91. The fourth-order valence-corrected chi connectivity index (χ4v) is 2.80. The average Bonchev–Trinajstić information content (AvgIpc) is 2.49. The van der Waals surface area contributed by atoms with Gasteiger partial charge in [0.05, 0.1) is 5.69 Å². The highest BCUT2D eigenvalue weighted by Crippen LogP contribution is 2.35. The van der Waals surface area contributed by atoms with Gasteiger partial charge in [0.2, 0.25) is 11.8 Å². The SMILES string of the molecule is CC(=O)N(CCNC(=O)C(C)(C)C)c1c(C(C)C)cccc1C(C)C. The van der Waals surface area contributed by atoms with Crippen LogP contribution in [0.1, 0.15) is 78.4 Å². The monoisotopic (exact) mass is 346 g/mol. The summed E-state index contributed by atoms with van der Waals surface area (Å²) in [5, 5.41) is 2.94. The van der Waals surface area contributed by atoms with Gasteiger partial charge >= 0.3 is 0 Å². The lowest BCUT2D eigenvalue weighted by molar-refractivity contribution is -0.128. The highest BCUT2D eigenvalue weighted by Gasteiger charge is 2.24. The molecule has 0 spiro atoms. The van der Waals surface area contributed by atoms with Crippen LogP contribution in [-0.4, -0.2) is 24.9 Å². The van der Waals surface area contributed by atoms with Gasteiger partial charge in [-0.15, -0.1) is 0 Å². The fraction of sp³-hybridized carbons (Fsp3) is 0.619. The maximum Gasteiger partial charge on any atom is 0.225 e. The summed E-state index contributed by atoms with van der Waals surface area (Å²) in [6.07, 6.45) is 0. The van der Waals surface area contributed by atoms with Crippen molar-refractivity contribution in [1.82, 2.24) is 5.32 Å². The number of para-hydroxylation sites is 1. The molecule has 0 radical (unpaired) electrons. The number of nitrogens with zero attached hydrogens (tertiary/aromatic N) is 1. The Hall–Kier alpha value is -1.84. The molecular formula is C21H34N2O2. The normalized spacial score (nSPS) is 11.8. The molecule has 2 amide bonds. The molecule has 0 atom stereocenters. The summed E-state index contributed by atoms with van der Waals surface area (Å²) in [7, 11) is 0. The second-order valence-electron chi connectivity index (χ2n) is 8.27. The number of hydrogen-bond acceptors (Lipinski definition) is 2. The van der Waals surface area contributed by atoms with Crippen LogP contribution in [0.5, 0.6) is 0 Å². The van der Waals surface area contributed by atoms with Gasteiger partial charge in [-0.25, -0.2) is 0 Å². The Balaban J connectivity index is 3.14. The summed E-state index contributed by atoms with van der Waals surface area (Å²) < 4.78 is 0. The van der Waals surface area contributed by atoms with Crippen LogP contribution in [0.15, 0.2) is 18.2 Å². The van der Waals surface area contributed by atoms with E-state index in [-0.39, 0.29) is 11.8 Å². The van der Waals surface area contributed by atoms with Gasteiger partial charge in [-0.3, -0.25) is 9.59 Å². The Kier molecular flexibility index (Phi) is 7.21. The Morgan fingerprint density at radius 1 is 1.04 bits per heavy atom. The van der Waals surface area contributed by atoms with E-state index in [4.69, 9.17) is 0 Å². The van der Waals surface area contributed by atoms with Gasteiger partial charge in [-0.2, -0.15) is 0 Å². The van der Waals surface area contributed by atoms with Crippen LogP contribution in [-0.2, 0) is 9.59 Å². The molecule has 140 valence electrons. The van der Waals surface area contributed by atoms with Gasteiger partial charge in [-0.05, 0) is 23.0 Å². The van der Waals surface area contributed by atoms with Crippen LogP contribution >= 0.6 is 0 Å². The van der Waals surface area contributed by atoms with Crippen molar-refractivity contribution in [2.45, 2.75) is 67.2 Å². The number of rotatable bonds is 6. The highest BCUT2D eigenvalue weighted by molar-refractivity contribution is 5.93. The minimum absolute atomic E-state index is 0.00000709. The van der Waals surface area contributed by atoms with E-state index in [0.717, 1.165) is 5.69 Å². The number of hydrogen-bond donors (Lipinski definition) is 1. The zero-order valence-electron chi connectivity index (χ0n) is 17.1. The third-order valence-corrected chi connectivity index (χ3v) is 4.29. The zero-order valence-corrected chi connectivity index (χ0v) is 17.1. The summed E-state index contributed by atoms with van der Waals surface area (Å²) in [4.78, 5) is 26.3. The number of amides is 2. The molecule has 0 aromatic heterocycles. The van der Waals surface area contributed by atoms with E-state index >= 15 is 0 Å². The predicted octanol–water partition coefficient (Wildman–Crippen LogP) is 4.45. The fourth-order valence-electron chi connectivity index (χ4n) is 2.80. The van der Waals surface area contributed by atoms with Crippen LogP contribution in [0.2, 0.25) is 0 Å². The van der Waals surface area contributed by atoms with Crippen molar-refractivity contribution >= 4 is 17.5 Å².